The molecule has 0 aromatic heterocycles. The Morgan fingerprint density at radius 3 is 2.80 bits per heavy atom. The number of thioether (sulfide) groups is 1. The number of benzene rings is 2. The van der Waals surface area contributed by atoms with E-state index in [9.17, 15) is 9.18 Å². The Morgan fingerprint density at radius 1 is 1.30 bits per heavy atom. The summed E-state index contributed by atoms with van der Waals surface area (Å²) >= 11 is 1.61. The van der Waals surface area contributed by atoms with Crippen molar-refractivity contribution >= 4 is 29.0 Å². The van der Waals surface area contributed by atoms with E-state index >= 15 is 0 Å². The molecule has 0 bridgehead atoms. The molecule has 3 N–H and O–H groups in total. The quantitative estimate of drug-likeness (QED) is 0.665. The van der Waals surface area contributed by atoms with Gasteiger partial charge in [-0.25, -0.2) is 4.39 Å². The maximum atomic E-state index is 13.6. The smallest absolute Gasteiger partial charge is 0.258 e. The molecule has 0 fully saturated rings. The third-order valence-corrected chi connectivity index (χ3v) is 3.63. The first kappa shape index (κ1) is 14.4. The van der Waals surface area contributed by atoms with Gasteiger partial charge in [0, 0.05) is 10.6 Å². The summed E-state index contributed by atoms with van der Waals surface area (Å²) in [7, 11) is 0. The molecule has 2 rings (SSSR count). The van der Waals surface area contributed by atoms with Crippen LogP contribution in [0.1, 0.15) is 17.3 Å². The molecule has 104 valence electrons. The SMILES string of the molecule is CCSc1ccccc1NC(=O)c1cc(N)ccc1F. The second-order valence-electron chi connectivity index (χ2n) is 4.12. The summed E-state index contributed by atoms with van der Waals surface area (Å²) in [4.78, 5) is 13.1. The van der Waals surface area contributed by atoms with Crippen LogP contribution in [0.4, 0.5) is 15.8 Å². The lowest BCUT2D eigenvalue weighted by Gasteiger charge is -2.10. The standard InChI is InChI=1S/C15H15FN2OS/c1-2-20-14-6-4-3-5-13(14)18-15(19)11-9-10(17)7-8-12(11)16/h3-9H,2,17H2,1H3,(H,18,19). The van der Waals surface area contributed by atoms with Crippen molar-refractivity contribution in [3.05, 3.63) is 53.8 Å². The van der Waals surface area contributed by atoms with Crippen molar-refractivity contribution in [2.45, 2.75) is 11.8 Å². The van der Waals surface area contributed by atoms with Crippen LogP contribution in [-0.2, 0) is 0 Å². The molecule has 0 saturated heterocycles. The number of amides is 1. The summed E-state index contributed by atoms with van der Waals surface area (Å²) in [5.74, 6) is -0.198. The van der Waals surface area contributed by atoms with Crippen molar-refractivity contribution in [3.8, 4) is 0 Å². The molecule has 0 spiro atoms. The highest BCUT2D eigenvalue weighted by Gasteiger charge is 2.13. The van der Waals surface area contributed by atoms with E-state index in [0.29, 0.717) is 11.4 Å². The Bertz CT molecular complexity index is 631. The van der Waals surface area contributed by atoms with Crippen LogP contribution in [0.3, 0.4) is 0 Å². The number of nitrogens with one attached hydrogen (secondary N) is 1. The first-order valence-corrected chi connectivity index (χ1v) is 7.18. The van der Waals surface area contributed by atoms with E-state index in [4.69, 9.17) is 5.73 Å². The Labute approximate surface area is 121 Å². The summed E-state index contributed by atoms with van der Waals surface area (Å²) < 4.78 is 13.6. The zero-order chi connectivity index (χ0) is 14.5. The van der Waals surface area contributed by atoms with Crippen molar-refractivity contribution in [2.24, 2.45) is 0 Å². The van der Waals surface area contributed by atoms with Crippen molar-refractivity contribution in [1.82, 2.24) is 0 Å². The molecule has 0 heterocycles. The minimum Gasteiger partial charge on any atom is -0.399 e. The van der Waals surface area contributed by atoms with E-state index in [2.05, 4.69) is 5.32 Å². The fraction of sp³-hybridized carbons (Fsp3) is 0.133. The fourth-order valence-electron chi connectivity index (χ4n) is 1.76. The summed E-state index contributed by atoms with van der Waals surface area (Å²) in [6, 6.07) is 11.4. The highest BCUT2D eigenvalue weighted by Crippen LogP contribution is 2.27. The molecule has 1 amide bonds. The molecule has 0 aliphatic rings. The van der Waals surface area contributed by atoms with Crippen LogP contribution in [0.5, 0.6) is 0 Å². The molecule has 3 nitrogen and oxygen atoms in total. The first-order chi connectivity index (χ1) is 9.61. The third-order valence-electron chi connectivity index (χ3n) is 2.67. The summed E-state index contributed by atoms with van der Waals surface area (Å²) in [5, 5.41) is 2.72. The number of carbonyl (C=O) groups excluding carboxylic acids is 1. The predicted octanol–water partition coefficient (Wildman–Crippen LogP) is 3.77. The Kier molecular flexibility index (Phi) is 4.63. The number of nitrogen functional groups attached to an aromatic ring is 1. The molecule has 0 radical (unpaired) electrons. The molecule has 0 atom stereocenters. The summed E-state index contributed by atoms with van der Waals surface area (Å²) in [6.07, 6.45) is 0. The number of carbonyl (C=O) groups is 1. The van der Waals surface area contributed by atoms with E-state index in [1.54, 1.807) is 17.8 Å². The van der Waals surface area contributed by atoms with Crippen molar-refractivity contribution in [1.29, 1.82) is 0 Å². The molecule has 2 aromatic carbocycles. The predicted molar refractivity (Wildman–Crippen MR) is 81.6 cm³/mol. The molecule has 2 aromatic rings. The van der Waals surface area contributed by atoms with Gasteiger partial charge in [-0.1, -0.05) is 19.1 Å². The number of hydrogen-bond donors (Lipinski definition) is 2. The summed E-state index contributed by atoms with van der Waals surface area (Å²) in [5.41, 5.74) is 6.56. The number of rotatable bonds is 4. The lowest BCUT2D eigenvalue weighted by atomic mass is 10.1. The second kappa shape index (κ2) is 6.43. The van der Waals surface area contributed by atoms with Crippen LogP contribution in [0.15, 0.2) is 47.4 Å². The lowest BCUT2D eigenvalue weighted by molar-refractivity contribution is 0.102. The number of nitrogens with two attached hydrogens (primary N) is 1. The highest BCUT2D eigenvalue weighted by atomic mass is 32.2. The number of halogens is 1. The van der Waals surface area contributed by atoms with Crippen LogP contribution in [0.25, 0.3) is 0 Å². The van der Waals surface area contributed by atoms with E-state index in [-0.39, 0.29) is 5.56 Å². The summed E-state index contributed by atoms with van der Waals surface area (Å²) in [6.45, 7) is 2.03. The van der Waals surface area contributed by atoms with Crippen LogP contribution in [-0.4, -0.2) is 11.7 Å². The van der Waals surface area contributed by atoms with E-state index in [0.717, 1.165) is 10.6 Å². The van der Waals surface area contributed by atoms with Crippen molar-refractivity contribution in [2.75, 3.05) is 16.8 Å². The highest BCUT2D eigenvalue weighted by molar-refractivity contribution is 7.99. The van der Waals surface area contributed by atoms with Gasteiger partial charge >= 0.3 is 0 Å². The Balaban J connectivity index is 2.26. The van der Waals surface area contributed by atoms with Gasteiger partial charge in [-0.05, 0) is 36.1 Å². The molecule has 0 unspecified atom stereocenters. The molecular weight excluding hydrogens is 275 g/mol. The maximum Gasteiger partial charge on any atom is 0.258 e. The van der Waals surface area contributed by atoms with Gasteiger partial charge in [-0.2, -0.15) is 0 Å². The molecule has 5 heteroatoms. The number of hydrogen-bond acceptors (Lipinski definition) is 3. The van der Waals surface area contributed by atoms with E-state index in [1.807, 2.05) is 25.1 Å². The largest absolute Gasteiger partial charge is 0.399 e. The van der Waals surface area contributed by atoms with Crippen molar-refractivity contribution in [3.63, 3.8) is 0 Å². The van der Waals surface area contributed by atoms with Gasteiger partial charge < -0.3 is 11.1 Å². The zero-order valence-electron chi connectivity index (χ0n) is 11.0. The average Bonchev–Trinajstić information content (AvgIpc) is 2.44. The molecular formula is C15H15FN2OS. The Hall–Kier alpha value is -2.01. The zero-order valence-corrected chi connectivity index (χ0v) is 11.8. The van der Waals surface area contributed by atoms with E-state index < -0.39 is 11.7 Å². The Morgan fingerprint density at radius 2 is 2.05 bits per heavy atom. The maximum absolute atomic E-state index is 13.6. The topological polar surface area (TPSA) is 55.1 Å². The van der Waals surface area contributed by atoms with Gasteiger partial charge in [0.05, 0.1) is 11.3 Å². The number of anilines is 2. The van der Waals surface area contributed by atoms with Crippen LogP contribution < -0.4 is 11.1 Å². The number of para-hydroxylation sites is 1. The second-order valence-corrected chi connectivity index (χ2v) is 5.43. The minimum absolute atomic E-state index is 0.0544. The first-order valence-electron chi connectivity index (χ1n) is 6.20. The van der Waals surface area contributed by atoms with Crippen molar-refractivity contribution < 1.29 is 9.18 Å². The molecule has 20 heavy (non-hydrogen) atoms. The fourth-order valence-corrected chi connectivity index (χ4v) is 2.52. The molecule has 0 saturated carbocycles. The van der Waals surface area contributed by atoms with Gasteiger partial charge in [-0.3, -0.25) is 4.79 Å². The lowest BCUT2D eigenvalue weighted by Crippen LogP contribution is -2.14. The third kappa shape index (κ3) is 3.30. The van der Waals surface area contributed by atoms with Crippen LogP contribution >= 0.6 is 11.8 Å². The van der Waals surface area contributed by atoms with E-state index in [1.165, 1.54) is 18.2 Å². The van der Waals surface area contributed by atoms with Gasteiger partial charge in [-0.15, -0.1) is 11.8 Å². The van der Waals surface area contributed by atoms with Gasteiger partial charge in [0.2, 0.25) is 0 Å². The van der Waals surface area contributed by atoms with Gasteiger partial charge in [0.25, 0.3) is 5.91 Å². The monoisotopic (exact) mass is 290 g/mol. The van der Waals surface area contributed by atoms with Gasteiger partial charge in [0.1, 0.15) is 5.82 Å². The van der Waals surface area contributed by atoms with Gasteiger partial charge in [0.15, 0.2) is 0 Å². The minimum atomic E-state index is -0.586. The normalized spacial score (nSPS) is 10.3. The average molecular weight is 290 g/mol. The molecule has 0 aliphatic carbocycles. The van der Waals surface area contributed by atoms with Crippen LogP contribution in [0, 0.1) is 5.82 Å². The van der Waals surface area contributed by atoms with Crippen LogP contribution in [0.2, 0.25) is 0 Å². The molecule has 0 aliphatic heterocycles.